The molecule has 0 aliphatic rings. The first kappa shape index (κ1) is 17.3. The van der Waals surface area contributed by atoms with Crippen molar-refractivity contribution >= 4 is 38.8 Å². The van der Waals surface area contributed by atoms with Crippen molar-refractivity contribution < 1.29 is 19.4 Å². The van der Waals surface area contributed by atoms with Crippen LogP contribution in [0.4, 0.5) is 0 Å². The highest BCUT2D eigenvalue weighted by Gasteiger charge is 2.09. The monoisotopic (exact) mass is 223 g/mol. The number of carboxylic acid groups (broad SMARTS) is 1. The second-order valence-corrected chi connectivity index (χ2v) is 2.72. The molecule has 0 heterocycles. The first-order valence-corrected chi connectivity index (χ1v) is 3.88. The van der Waals surface area contributed by atoms with Gasteiger partial charge in [0.05, 0.1) is 0 Å². The molecule has 4 nitrogen and oxygen atoms in total. The zero-order chi connectivity index (χ0) is 7.28. The molecule has 0 aliphatic heterocycles. The average Bonchev–Trinajstić information content (AvgIpc) is 1.63. The van der Waals surface area contributed by atoms with E-state index in [2.05, 4.69) is 0 Å². The number of hydrogen-bond acceptors (Lipinski definition) is 2. The van der Waals surface area contributed by atoms with Gasteiger partial charge in [0.25, 0.3) is 0 Å². The summed E-state index contributed by atoms with van der Waals surface area (Å²) in [4.78, 5) is 18.0. The van der Waals surface area contributed by atoms with Crippen molar-refractivity contribution in [3.63, 3.8) is 0 Å². The minimum atomic E-state index is -2.14. The summed E-state index contributed by atoms with van der Waals surface area (Å²) in [6, 6.07) is 0. The Morgan fingerprint density at radius 3 is 2.09 bits per heavy atom. The summed E-state index contributed by atoms with van der Waals surface area (Å²) in [6.45, 7) is 0. The molecule has 7 heteroatoms. The van der Waals surface area contributed by atoms with Gasteiger partial charge < -0.3 is 5.11 Å². The maximum absolute atomic E-state index is 9.94. The highest BCUT2D eigenvalue weighted by Crippen LogP contribution is 2.14. The van der Waals surface area contributed by atoms with Crippen LogP contribution in [-0.2, 0) is 9.36 Å². The van der Waals surface area contributed by atoms with Crippen LogP contribution in [0, 0.1) is 0 Å². The van der Waals surface area contributed by atoms with E-state index < -0.39 is 14.0 Å². The van der Waals surface area contributed by atoms with E-state index >= 15 is 0 Å². The third-order valence-corrected chi connectivity index (χ3v) is 1.44. The molecular formula is C4H10Cl2O4P+. The van der Waals surface area contributed by atoms with E-state index in [9.17, 15) is 9.36 Å². The van der Waals surface area contributed by atoms with Crippen LogP contribution in [0.2, 0.25) is 0 Å². The van der Waals surface area contributed by atoms with Gasteiger partial charge in [-0.3, -0.25) is 4.79 Å². The molecule has 1 unspecified atom stereocenters. The summed E-state index contributed by atoms with van der Waals surface area (Å²) in [7, 11) is -2.14. The second kappa shape index (κ2) is 10.1. The number of carbonyl (C=O) groups is 1. The van der Waals surface area contributed by atoms with Gasteiger partial charge >= 0.3 is 14.0 Å². The van der Waals surface area contributed by atoms with Gasteiger partial charge in [-0.15, -0.1) is 24.8 Å². The van der Waals surface area contributed by atoms with Crippen molar-refractivity contribution in [2.24, 2.45) is 0 Å². The minimum Gasteiger partial charge on any atom is -0.481 e. The molecule has 0 rings (SSSR count). The molecule has 1 atom stereocenters. The standard InChI is InChI=1S/C4H7O4P.2ClH/c5-4(6)2-1-3-9(7)8;;/h1-3H2,(H-,5,6,7,8);2*1H/p+1. The molecule has 0 aliphatic carbocycles. The molecular weight excluding hydrogens is 214 g/mol. The molecule has 68 valence electrons. The molecule has 2 N–H and O–H groups in total. The van der Waals surface area contributed by atoms with Gasteiger partial charge in [-0.2, -0.15) is 4.89 Å². The van der Waals surface area contributed by atoms with Crippen molar-refractivity contribution in [1.82, 2.24) is 0 Å². The zero-order valence-corrected chi connectivity index (χ0v) is 8.12. The predicted octanol–water partition coefficient (Wildman–Crippen LogP) is 1.43. The van der Waals surface area contributed by atoms with E-state index in [1.807, 2.05) is 0 Å². The maximum Gasteiger partial charge on any atom is 0.505 e. The first-order valence-electron chi connectivity index (χ1n) is 2.48. The summed E-state index contributed by atoms with van der Waals surface area (Å²) in [5.41, 5.74) is 0. The van der Waals surface area contributed by atoms with Gasteiger partial charge in [-0.1, -0.05) is 0 Å². The largest absolute Gasteiger partial charge is 0.505 e. The lowest BCUT2D eigenvalue weighted by Crippen LogP contribution is -1.94. The fourth-order valence-electron chi connectivity index (χ4n) is 0.366. The summed E-state index contributed by atoms with van der Waals surface area (Å²) in [5, 5.41) is 8.05. The average molecular weight is 224 g/mol. The summed E-state index contributed by atoms with van der Waals surface area (Å²) in [5.74, 6) is -0.924. The molecule has 0 saturated carbocycles. The Morgan fingerprint density at radius 1 is 1.36 bits per heavy atom. The van der Waals surface area contributed by atoms with Crippen LogP contribution in [0.25, 0.3) is 0 Å². The van der Waals surface area contributed by atoms with E-state index in [0.717, 1.165) is 0 Å². The van der Waals surface area contributed by atoms with E-state index in [4.69, 9.17) is 10.00 Å². The molecule has 0 spiro atoms. The van der Waals surface area contributed by atoms with Crippen molar-refractivity contribution in [2.45, 2.75) is 12.8 Å². The lowest BCUT2D eigenvalue weighted by molar-refractivity contribution is -0.137. The third kappa shape index (κ3) is 17.8. The van der Waals surface area contributed by atoms with Crippen molar-refractivity contribution in [3.05, 3.63) is 0 Å². The van der Waals surface area contributed by atoms with Crippen LogP contribution in [0.1, 0.15) is 12.8 Å². The molecule has 11 heavy (non-hydrogen) atoms. The molecule has 0 aromatic rings. The predicted molar refractivity (Wildman–Crippen MR) is 46.1 cm³/mol. The minimum absolute atomic E-state index is 0. The smallest absolute Gasteiger partial charge is 0.481 e. The Bertz CT molecular complexity index is 115. The Morgan fingerprint density at radius 2 is 1.82 bits per heavy atom. The molecule has 0 fully saturated rings. The van der Waals surface area contributed by atoms with Gasteiger partial charge in [0, 0.05) is 12.8 Å². The molecule has 0 radical (unpaired) electrons. The van der Waals surface area contributed by atoms with Gasteiger partial charge in [0.15, 0.2) is 6.16 Å². The third-order valence-electron chi connectivity index (χ3n) is 0.740. The van der Waals surface area contributed by atoms with Gasteiger partial charge in [-0.05, 0) is 4.57 Å². The van der Waals surface area contributed by atoms with Crippen LogP contribution in [0.3, 0.4) is 0 Å². The number of aliphatic carboxylic acids is 1. The number of carboxylic acids is 1. The lowest BCUT2D eigenvalue weighted by atomic mass is 10.3. The van der Waals surface area contributed by atoms with E-state index in [0.29, 0.717) is 0 Å². The molecule has 0 amide bonds. The molecule has 0 saturated heterocycles. The van der Waals surface area contributed by atoms with Crippen molar-refractivity contribution in [1.29, 1.82) is 0 Å². The fraction of sp³-hybridized carbons (Fsp3) is 0.750. The Labute approximate surface area is 77.7 Å². The Balaban J connectivity index is -0.000000320. The topological polar surface area (TPSA) is 74.6 Å². The van der Waals surface area contributed by atoms with Crippen LogP contribution in [0.15, 0.2) is 0 Å². The summed E-state index contributed by atoms with van der Waals surface area (Å²) >= 11 is 0. The Kier molecular flexibility index (Phi) is 15.9. The highest BCUT2D eigenvalue weighted by molar-refractivity contribution is 7.37. The lowest BCUT2D eigenvalue weighted by Gasteiger charge is -1.82. The highest BCUT2D eigenvalue weighted by atomic mass is 35.5. The van der Waals surface area contributed by atoms with Crippen molar-refractivity contribution in [3.8, 4) is 0 Å². The quantitative estimate of drug-likeness (QED) is 0.708. The van der Waals surface area contributed by atoms with E-state index in [1.165, 1.54) is 0 Å². The summed E-state index contributed by atoms with van der Waals surface area (Å²) < 4.78 is 9.94. The van der Waals surface area contributed by atoms with Crippen LogP contribution in [-0.4, -0.2) is 22.1 Å². The molecule has 0 aromatic carbocycles. The number of hydrogen-bond donors (Lipinski definition) is 2. The summed E-state index contributed by atoms with van der Waals surface area (Å²) in [6.07, 6.45) is 0.338. The first-order chi connectivity index (χ1) is 4.13. The second-order valence-electron chi connectivity index (χ2n) is 1.57. The van der Waals surface area contributed by atoms with Gasteiger partial charge in [0.1, 0.15) is 0 Å². The van der Waals surface area contributed by atoms with E-state index in [-0.39, 0.29) is 43.8 Å². The Hall–Kier alpha value is 0.110. The molecule has 0 aromatic heterocycles. The van der Waals surface area contributed by atoms with Crippen LogP contribution in [0.5, 0.6) is 0 Å². The van der Waals surface area contributed by atoms with E-state index in [1.54, 1.807) is 0 Å². The maximum atomic E-state index is 9.94. The van der Waals surface area contributed by atoms with Crippen LogP contribution >= 0.6 is 32.8 Å². The van der Waals surface area contributed by atoms with Crippen LogP contribution < -0.4 is 0 Å². The SMILES string of the molecule is Cl.Cl.O=C(O)CCC[P+](=O)O. The fourth-order valence-corrected chi connectivity index (χ4v) is 0.794. The number of halogens is 2. The normalized spacial score (nSPS) is 9.00. The molecule has 0 bridgehead atoms. The van der Waals surface area contributed by atoms with Gasteiger partial charge in [-0.25, -0.2) is 0 Å². The van der Waals surface area contributed by atoms with Crippen molar-refractivity contribution in [2.75, 3.05) is 6.16 Å². The number of rotatable bonds is 4. The van der Waals surface area contributed by atoms with Gasteiger partial charge in [0.2, 0.25) is 0 Å². The zero-order valence-electron chi connectivity index (χ0n) is 5.60.